The van der Waals surface area contributed by atoms with Crippen molar-refractivity contribution in [3.8, 4) is 0 Å². The lowest BCUT2D eigenvalue weighted by Gasteiger charge is -2.24. The van der Waals surface area contributed by atoms with Crippen LogP contribution in [0.15, 0.2) is 65.3 Å². The van der Waals surface area contributed by atoms with Gasteiger partial charge in [0.15, 0.2) is 0 Å². The third kappa shape index (κ3) is 4.00. The molecule has 0 radical (unpaired) electrons. The number of hydrogen-bond donors (Lipinski definition) is 1. The summed E-state index contributed by atoms with van der Waals surface area (Å²) >= 11 is 0. The number of likely N-dealkylation sites (tertiary alicyclic amines) is 1. The summed E-state index contributed by atoms with van der Waals surface area (Å²) in [6.07, 6.45) is 4.11. The third-order valence-corrected chi connectivity index (χ3v) is 6.38. The summed E-state index contributed by atoms with van der Waals surface area (Å²) < 4.78 is 5.73. The van der Waals surface area contributed by atoms with Crippen LogP contribution in [0, 0.1) is 0 Å². The number of benzene rings is 2. The average Bonchev–Trinajstić information content (AvgIpc) is 3.49. The standard InChI is InChI=1S/C26H27N3O3/c1-18-14-20-7-2-3-9-23(20)29(18)17-24-22(11-13-32-24)26(31)27-21-8-4-6-19(15-21)16-28-12-5-10-25(28)30/h2-4,6-9,11,13,15,18H,5,10,12,14,16-17H2,1H3,(H,27,31). The summed E-state index contributed by atoms with van der Waals surface area (Å²) in [4.78, 5) is 29.1. The van der Waals surface area contributed by atoms with Crippen molar-refractivity contribution in [3.05, 3.63) is 83.3 Å². The van der Waals surface area contributed by atoms with Crippen LogP contribution in [0.5, 0.6) is 0 Å². The molecule has 1 fully saturated rings. The van der Waals surface area contributed by atoms with Crippen LogP contribution in [0.2, 0.25) is 0 Å². The maximum absolute atomic E-state index is 13.1. The van der Waals surface area contributed by atoms with E-state index in [0.29, 0.717) is 42.6 Å². The van der Waals surface area contributed by atoms with Gasteiger partial charge < -0.3 is 19.5 Å². The second-order valence-corrected chi connectivity index (χ2v) is 8.64. The van der Waals surface area contributed by atoms with E-state index in [4.69, 9.17) is 4.42 Å². The summed E-state index contributed by atoms with van der Waals surface area (Å²) in [7, 11) is 0. The Hall–Kier alpha value is -3.54. The largest absolute Gasteiger partial charge is 0.467 e. The normalized spacial score (nSPS) is 17.7. The number of nitrogens with zero attached hydrogens (tertiary/aromatic N) is 2. The van der Waals surface area contributed by atoms with E-state index in [9.17, 15) is 9.59 Å². The maximum Gasteiger partial charge on any atom is 0.259 e. The predicted molar refractivity (Wildman–Crippen MR) is 124 cm³/mol. The molecule has 1 unspecified atom stereocenters. The van der Waals surface area contributed by atoms with Gasteiger partial charge in [-0.1, -0.05) is 30.3 Å². The Morgan fingerprint density at radius 3 is 2.84 bits per heavy atom. The first-order valence-electron chi connectivity index (χ1n) is 11.2. The highest BCUT2D eigenvalue weighted by molar-refractivity contribution is 6.05. The molecule has 2 aliphatic rings. The Morgan fingerprint density at radius 2 is 2.00 bits per heavy atom. The molecule has 164 valence electrons. The number of nitrogens with one attached hydrogen (secondary N) is 1. The molecule has 3 aromatic rings. The molecule has 2 amide bonds. The van der Waals surface area contributed by atoms with Crippen LogP contribution in [0.25, 0.3) is 0 Å². The Morgan fingerprint density at radius 1 is 1.12 bits per heavy atom. The molecule has 0 spiro atoms. The number of hydrogen-bond acceptors (Lipinski definition) is 4. The Labute approximate surface area is 187 Å². The van der Waals surface area contributed by atoms with Gasteiger partial charge in [-0.3, -0.25) is 9.59 Å². The van der Waals surface area contributed by atoms with E-state index in [0.717, 1.165) is 24.9 Å². The van der Waals surface area contributed by atoms with E-state index in [1.807, 2.05) is 35.2 Å². The predicted octanol–water partition coefficient (Wildman–Crippen LogP) is 4.61. The van der Waals surface area contributed by atoms with E-state index in [1.165, 1.54) is 11.3 Å². The summed E-state index contributed by atoms with van der Waals surface area (Å²) in [5.74, 6) is 0.661. The van der Waals surface area contributed by atoms with Gasteiger partial charge in [0, 0.05) is 36.9 Å². The van der Waals surface area contributed by atoms with Crippen molar-refractivity contribution in [3.63, 3.8) is 0 Å². The first-order chi connectivity index (χ1) is 15.6. The minimum atomic E-state index is -0.191. The van der Waals surface area contributed by atoms with Gasteiger partial charge in [0.2, 0.25) is 5.91 Å². The zero-order valence-corrected chi connectivity index (χ0v) is 18.2. The fraction of sp³-hybridized carbons (Fsp3) is 0.308. The number of amides is 2. The highest BCUT2D eigenvalue weighted by atomic mass is 16.3. The molecule has 0 aliphatic carbocycles. The Kier molecular flexibility index (Phi) is 5.43. The highest BCUT2D eigenvalue weighted by Crippen LogP contribution is 2.33. The first kappa shape index (κ1) is 20.4. The molecule has 2 aromatic carbocycles. The van der Waals surface area contributed by atoms with E-state index < -0.39 is 0 Å². The van der Waals surface area contributed by atoms with Crippen LogP contribution >= 0.6 is 0 Å². The smallest absolute Gasteiger partial charge is 0.259 e. The molecule has 6 heteroatoms. The number of furan rings is 1. The van der Waals surface area contributed by atoms with E-state index in [-0.39, 0.29) is 11.8 Å². The molecule has 32 heavy (non-hydrogen) atoms. The summed E-state index contributed by atoms with van der Waals surface area (Å²) in [6, 6.07) is 18.1. The first-order valence-corrected chi connectivity index (χ1v) is 11.2. The summed E-state index contributed by atoms with van der Waals surface area (Å²) in [5, 5.41) is 3.00. The van der Waals surface area contributed by atoms with Gasteiger partial charge in [0.25, 0.3) is 5.91 Å². The molecule has 5 rings (SSSR count). The molecule has 1 atom stereocenters. The summed E-state index contributed by atoms with van der Waals surface area (Å²) in [5.41, 5.74) is 4.79. The van der Waals surface area contributed by atoms with Gasteiger partial charge in [-0.05, 0) is 55.2 Å². The molecule has 6 nitrogen and oxygen atoms in total. The number of para-hydroxylation sites is 1. The second-order valence-electron chi connectivity index (χ2n) is 8.64. The van der Waals surface area contributed by atoms with Crippen molar-refractivity contribution in [1.29, 1.82) is 0 Å². The lowest BCUT2D eigenvalue weighted by atomic mass is 10.1. The van der Waals surface area contributed by atoms with Crippen molar-refractivity contribution in [1.82, 2.24) is 4.90 Å². The maximum atomic E-state index is 13.1. The number of carbonyl (C=O) groups is 2. The van der Waals surface area contributed by atoms with Gasteiger partial charge in [-0.25, -0.2) is 0 Å². The van der Waals surface area contributed by atoms with Crippen LogP contribution in [0.1, 0.15) is 47.0 Å². The van der Waals surface area contributed by atoms with Crippen molar-refractivity contribution in [2.75, 3.05) is 16.8 Å². The van der Waals surface area contributed by atoms with Gasteiger partial charge in [-0.2, -0.15) is 0 Å². The third-order valence-electron chi connectivity index (χ3n) is 6.38. The fourth-order valence-electron chi connectivity index (χ4n) is 4.73. The average molecular weight is 430 g/mol. The molecule has 1 N–H and O–H groups in total. The van der Waals surface area contributed by atoms with Crippen molar-refractivity contribution in [2.24, 2.45) is 0 Å². The lowest BCUT2D eigenvalue weighted by molar-refractivity contribution is -0.128. The Balaban J connectivity index is 1.29. The zero-order chi connectivity index (χ0) is 22.1. The van der Waals surface area contributed by atoms with Crippen LogP contribution in [0.4, 0.5) is 11.4 Å². The van der Waals surface area contributed by atoms with E-state index in [2.05, 4.69) is 35.3 Å². The van der Waals surface area contributed by atoms with Crippen LogP contribution in [0.3, 0.4) is 0 Å². The van der Waals surface area contributed by atoms with Crippen LogP contribution in [-0.4, -0.2) is 29.3 Å². The van der Waals surface area contributed by atoms with Crippen LogP contribution < -0.4 is 10.2 Å². The lowest BCUT2D eigenvalue weighted by Crippen LogP contribution is -2.29. The molecule has 0 saturated carbocycles. The quantitative estimate of drug-likeness (QED) is 0.622. The highest BCUT2D eigenvalue weighted by Gasteiger charge is 2.28. The SMILES string of the molecule is CC1Cc2ccccc2N1Cc1occc1C(=O)Nc1cccc(CN2CCCC2=O)c1. The molecule has 1 aromatic heterocycles. The minimum Gasteiger partial charge on any atom is -0.467 e. The summed E-state index contributed by atoms with van der Waals surface area (Å²) in [6.45, 7) is 4.11. The number of anilines is 2. The fourth-order valence-corrected chi connectivity index (χ4v) is 4.73. The van der Waals surface area contributed by atoms with Crippen molar-refractivity contribution in [2.45, 2.75) is 45.3 Å². The zero-order valence-electron chi connectivity index (χ0n) is 18.2. The number of fused-ring (bicyclic) bond motifs is 1. The van der Waals surface area contributed by atoms with Crippen LogP contribution in [-0.2, 0) is 24.3 Å². The second kappa shape index (κ2) is 8.54. The number of rotatable bonds is 6. The van der Waals surface area contributed by atoms with Crippen molar-refractivity contribution < 1.29 is 14.0 Å². The topological polar surface area (TPSA) is 65.8 Å². The monoisotopic (exact) mass is 429 g/mol. The van der Waals surface area contributed by atoms with Gasteiger partial charge in [0.05, 0.1) is 18.4 Å². The Bertz CT molecular complexity index is 1150. The van der Waals surface area contributed by atoms with Gasteiger partial charge >= 0.3 is 0 Å². The van der Waals surface area contributed by atoms with Gasteiger partial charge in [0.1, 0.15) is 5.76 Å². The minimum absolute atomic E-state index is 0.191. The molecule has 1 saturated heterocycles. The molecule has 0 bridgehead atoms. The van der Waals surface area contributed by atoms with Crippen molar-refractivity contribution >= 4 is 23.2 Å². The molecule has 3 heterocycles. The number of carbonyl (C=O) groups excluding carboxylic acids is 2. The van der Waals surface area contributed by atoms with E-state index >= 15 is 0 Å². The van der Waals surface area contributed by atoms with Gasteiger partial charge in [-0.15, -0.1) is 0 Å². The molecular formula is C26H27N3O3. The van der Waals surface area contributed by atoms with E-state index in [1.54, 1.807) is 12.3 Å². The molecule has 2 aliphatic heterocycles. The molecular weight excluding hydrogens is 402 g/mol.